The molecule has 0 heterocycles. The van der Waals surface area contributed by atoms with Crippen molar-refractivity contribution >= 4 is 0 Å². The van der Waals surface area contributed by atoms with Gasteiger partial charge in [-0.3, -0.25) is 0 Å². The average Bonchev–Trinajstić information content (AvgIpc) is 2.16. The predicted octanol–water partition coefficient (Wildman–Crippen LogP) is 3.94. The lowest BCUT2D eigenvalue weighted by Gasteiger charge is -2.30. The lowest BCUT2D eigenvalue weighted by Crippen LogP contribution is -2.22. The van der Waals surface area contributed by atoms with Crippen molar-refractivity contribution in [3.8, 4) is 0 Å². The van der Waals surface area contributed by atoms with Crippen molar-refractivity contribution in [1.82, 2.24) is 0 Å². The molecular formula is C12H16F2. The zero-order valence-corrected chi connectivity index (χ0v) is 8.69. The number of fused-ring (bicyclic) bond motifs is 1. The minimum Gasteiger partial charge on any atom is -0.239 e. The van der Waals surface area contributed by atoms with Gasteiger partial charge in [0.1, 0.15) is 5.83 Å². The van der Waals surface area contributed by atoms with Gasteiger partial charge in [-0.1, -0.05) is 19.9 Å². The highest BCUT2D eigenvalue weighted by molar-refractivity contribution is 5.40. The molecule has 3 unspecified atom stereocenters. The molecule has 0 radical (unpaired) electrons. The van der Waals surface area contributed by atoms with Crippen molar-refractivity contribution in [3.05, 3.63) is 23.0 Å². The van der Waals surface area contributed by atoms with E-state index in [1.807, 2.05) is 6.08 Å². The monoisotopic (exact) mass is 198 g/mol. The molecule has 0 aliphatic heterocycles. The van der Waals surface area contributed by atoms with Crippen LogP contribution >= 0.6 is 0 Å². The summed E-state index contributed by atoms with van der Waals surface area (Å²) < 4.78 is 27.0. The standard InChI is InChI=1S/C12H16F2/c1-7-3-4-9-6-8(2)11(13)12(14)10(9)5-7/h6-8,11H,3-5H2,1-2H3. The van der Waals surface area contributed by atoms with Crippen LogP contribution in [0.3, 0.4) is 0 Å². The fourth-order valence-corrected chi connectivity index (χ4v) is 2.37. The van der Waals surface area contributed by atoms with Crippen molar-refractivity contribution in [2.75, 3.05) is 0 Å². The molecule has 0 saturated heterocycles. The number of hydrogen-bond donors (Lipinski definition) is 0. The van der Waals surface area contributed by atoms with Gasteiger partial charge in [0.15, 0.2) is 6.17 Å². The summed E-state index contributed by atoms with van der Waals surface area (Å²) in [5.74, 6) is -0.294. The molecule has 0 spiro atoms. The first-order chi connectivity index (χ1) is 6.59. The van der Waals surface area contributed by atoms with Crippen LogP contribution in [-0.2, 0) is 0 Å². The van der Waals surface area contributed by atoms with E-state index < -0.39 is 12.0 Å². The Labute approximate surface area is 83.7 Å². The van der Waals surface area contributed by atoms with Crippen molar-refractivity contribution in [2.24, 2.45) is 11.8 Å². The molecule has 0 N–H and O–H groups in total. The molecule has 0 aromatic carbocycles. The zero-order valence-electron chi connectivity index (χ0n) is 8.69. The maximum Gasteiger partial charge on any atom is 0.158 e. The van der Waals surface area contributed by atoms with Gasteiger partial charge in [-0.05, 0) is 36.3 Å². The first-order valence-electron chi connectivity index (χ1n) is 5.33. The fourth-order valence-electron chi connectivity index (χ4n) is 2.37. The smallest absolute Gasteiger partial charge is 0.158 e. The molecule has 0 nitrogen and oxygen atoms in total. The van der Waals surface area contributed by atoms with Crippen molar-refractivity contribution < 1.29 is 8.78 Å². The van der Waals surface area contributed by atoms with Gasteiger partial charge in [0, 0.05) is 5.92 Å². The molecule has 2 aliphatic carbocycles. The first-order valence-corrected chi connectivity index (χ1v) is 5.33. The highest BCUT2D eigenvalue weighted by Crippen LogP contribution is 2.41. The van der Waals surface area contributed by atoms with Crippen molar-refractivity contribution in [2.45, 2.75) is 39.3 Å². The Bertz CT molecular complexity index is 301. The van der Waals surface area contributed by atoms with E-state index in [1.165, 1.54) is 0 Å². The van der Waals surface area contributed by atoms with Crippen molar-refractivity contribution in [1.29, 1.82) is 0 Å². The maximum absolute atomic E-state index is 13.6. The third kappa shape index (κ3) is 1.51. The van der Waals surface area contributed by atoms with Crippen LogP contribution in [-0.4, -0.2) is 6.17 Å². The van der Waals surface area contributed by atoms with E-state index in [9.17, 15) is 8.78 Å². The van der Waals surface area contributed by atoms with E-state index in [2.05, 4.69) is 6.92 Å². The van der Waals surface area contributed by atoms with Crippen LogP contribution < -0.4 is 0 Å². The number of halogens is 2. The summed E-state index contributed by atoms with van der Waals surface area (Å²) in [5, 5.41) is 0. The highest BCUT2D eigenvalue weighted by Gasteiger charge is 2.32. The summed E-state index contributed by atoms with van der Waals surface area (Å²) >= 11 is 0. The minimum absolute atomic E-state index is 0.290. The molecule has 2 heteroatoms. The number of allylic oxidation sites excluding steroid dienone is 4. The van der Waals surface area contributed by atoms with E-state index in [0.29, 0.717) is 17.9 Å². The molecule has 2 rings (SSSR count). The Morgan fingerprint density at radius 1 is 1.36 bits per heavy atom. The van der Waals surface area contributed by atoms with Crippen LogP contribution in [0.4, 0.5) is 8.78 Å². The van der Waals surface area contributed by atoms with Gasteiger partial charge in [-0.25, -0.2) is 8.78 Å². The molecule has 0 bridgehead atoms. The van der Waals surface area contributed by atoms with Crippen LogP contribution in [0.15, 0.2) is 23.0 Å². The Kier molecular flexibility index (Phi) is 2.46. The van der Waals surface area contributed by atoms with Gasteiger partial charge in [-0.2, -0.15) is 0 Å². The van der Waals surface area contributed by atoms with Crippen LogP contribution in [0.2, 0.25) is 0 Å². The summed E-state index contributed by atoms with van der Waals surface area (Å²) in [6.45, 7) is 3.84. The van der Waals surface area contributed by atoms with Crippen LogP contribution in [0.5, 0.6) is 0 Å². The quantitative estimate of drug-likeness (QED) is 0.553. The van der Waals surface area contributed by atoms with Gasteiger partial charge < -0.3 is 0 Å². The third-order valence-corrected chi connectivity index (χ3v) is 3.30. The lowest BCUT2D eigenvalue weighted by molar-refractivity contribution is 0.260. The number of rotatable bonds is 0. The Balaban J connectivity index is 2.33. The van der Waals surface area contributed by atoms with E-state index >= 15 is 0 Å². The Hall–Kier alpha value is -0.660. The van der Waals surface area contributed by atoms with Gasteiger partial charge >= 0.3 is 0 Å². The van der Waals surface area contributed by atoms with Crippen LogP contribution in [0, 0.1) is 11.8 Å². The van der Waals surface area contributed by atoms with E-state index in [1.54, 1.807) is 6.92 Å². The molecule has 2 aliphatic rings. The summed E-state index contributed by atoms with van der Waals surface area (Å²) in [5.41, 5.74) is 1.72. The average molecular weight is 198 g/mol. The molecule has 0 aromatic rings. The summed E-state index contributed by atoms with van der Waals surface area (Å²) in [6.07, 6.45) is 3.24. The molecule has 1 saturated carbocycles. The Morgan fingerprint density at radius 2 is 2.07 bits per heavy atom. The lowest BCUT2D eigenvalue weighted by atomic mass is 9.77. The molecule has 3 atom stereocenters. The largest absolute Gasteiger partial charge is 0.239 e. The second-order valence-electron chi connectivity index (χ2n) is 4.63. The molecule has 78 valence electrons. The van der Waals surface area contributed by atoms with Crippen LogP contribution in [0.1, 0.15) is 33.1 Å². The summed E-state index contributed by atoms with van der Waals surface area (Å²) in [6, 6.07) is 0. The van der Waals surface area contributed by atoms with Gasteiger partial charge in [0.05, 0.1) is 0 Å². The van der Waals surface area contributed by atoms with Gasteiger partial charge in [0.2, 0.25) is 0 Å². The third-order valence-electron chi connectivity index (χ3n) is 3.30. The molecule has 0 aromatic heterocycles. The number of hydrogen-bond acceptors (Lipinski definition) is 0. The number of alkyl halides is 1. The molecule has 0 amide bonds. The zero-order chi connectivity index (χ0) is 10.3. The molecular weight excluding hydrogens is 182 g/mol. The second-order valence-corrected chi connectivity index (χ2v) is 4.63. The SMILES string of the molecule is CC1CCC2=CC(C)C(F)C(F)=C2C1. The minimum atomic E-state index is -1.40. The van der Waals surface area contributed by atoms with Gasteiger partial charge in [0.25, 0.3) is 0 Å². The van der Waals surface area contributed by atoms with E-state index in [-0.39, 0.29) is 5.92 Å². The maximum atomic E-state index is 13.6. The first kappa shape index (κ1) is 9.88. The summed E-state index contributed by atoms with van der Waals surface area (Å²) in [4.78, 5) is 0. The molecule has 14 heavy (non-hydrogen) atoms. The van der Waals surface area contributed by atoms with Crippen molar-refractivity contribution in [3.63, 3.8) is 0 Å². The normalized spacial score (nSPS) is 38.0. The summed E-state index contributed by atoms with van der Waals surface area (Å²) in [7, 11) is 0. The van der Waals surface area contributed by atoms with E-state index in [0.717, 1.165) is 18.4 Å². The van der Waals surface area contributed by atoms with Gasteiger partial charge in [-0.15, -0.1) is 0 Å². The molecule has 1 fully saturated rings. The highest BCUT2D eigenvalue weighted by atomic mass is 19.2. The second kappa shape index (κ2) is 3.48. The van der Waals surface area contributed by atoms with Crippen LogP contribution in [0.25, 0.3) is 0 Å². The van der Waals surface area contributed by atoms with E-state index in [4.69, 9.17) is 0 Å². The Morgan fingerprint density at radius 3 is 2.79 bits per heavy atom. The topological polar surface area (TPSA) is 0 Å². The predicted molar refractivity (Wildman–Crippen MR) is 53.3 cm³/mol. The fraction of sp³-hybridized carbons (Fsp3) is 0.667.